The zero-order chi connectivity index (χ0) is 21.1. The number of piperazine rings is 1. The second-order valence-electron chi connectivity index (χ2n) is 7.17. The van der Waals surface area contributed by atoms with E-state index in [-0.39, 0.29) is 11.3 Å². The number of likely N-dealkylation sites (N-methyl/N-ethyl adjacent to an activating group) is 1. The fourth-order valence-electron chi connectivity index (χ4n) is 3.44. The number of rotatable bonds is 4. The summed E-state index contributed by atoms with van der Waals surface area (Å²) in [6.07, 6.45) is 0. The van der Waals surface area contributed by atoms with E-state index in [2.05, 4.69) is 27.1 Å². The van der Waals surface area contributed by atoms with Gasteiger partial charge in [-0.05, 0) is 31.3 Å². The number of hydrogen-bond acceptors (Lipinski definition) is 7. The zero-order valence-corrected chi connectivity index (χ0v) is 17.0. The molecule has 4 rings (SSSR count). The molecule has 8 heteroatoms. The highest BCUT2D eigenvalue weighted by molar-refractivity contribution is 6.10. The minimum atomic E-state index is -0.519. The number of benzene rings is 2. The molecule has 0 atom stereocenters. The number of para-hydroxylation sites is 3. The van der Waals surface area contributed by atoms with Gasteiger partial charge in [0.15, 0.2) is 11.5 Å². The van der Waals surface area contributed by atoms with Crippen LogP contribution in [0.1, 0.15) is 20.8 Å². The van der Waals surface area contributed by atoms with Gasteiger partial charge in [0, 0.05) is 26.2 Å². The lowest BCUT2D eigenvalue weighted by Crippen LogP contribution is -2.45. The number of anilines is 2. The summed E-state index contributed by atoms with van der Waals surface area (Å²) >= 11 is 0. The van der Waals surface area contributed by atoms with Crippen molar-refractivity contribution in [3.8, 4) is 0 Å². The highest BCUT2D eigenvalue weighted by Gasteiger charge is 2.25. The summed E-state index contributed by atoms with van der Waals surface area (Å²) in [5, 5.41) is 2.82. The molecule has 0 spiro atoms. The number of carbonyl (C=O) groups excluding carboxylic acids is 2. The molecule has 1 N–H and O–H groups in total. The lowest BCUT2D eigenvalue weighted by atomic mass is 10.1. The van der Waals surface area contributed by atoms with E-state index in [1.54, 1.807) is 24.3 Å². The molecule has 1 aliphatic rings. The van der Waals surface area contributed by atoms with E-state index in [9.17, 15) is 9.59 Å². The zero-order valence-electron chi connectivity index (χ0n) is 17.0. The van der Waals surface area contributed by atoms with Gasteiger partial charge in [0.05, 0.1) is 29.4 Å². The minimum absolute atomic E-state index is 0.234. The summed E-state index contributed by atoms with van der Waals surface area (Å²) < 4.78 is 4.82. The SMILES string of the molecule is COC(=O)c1ccccc1NC(=O)c1nc2ccccc2nc1N1CCN(C)CC1. The maximum absolute atomic E-state index is 13.2. The van der Waals surface area contributed by atoms with E-state index in [1.807, 2.05) is 24.3 Å². The first-order valence-corrected chi connectivity index (χ1v) is 9.76. The third kappa shape index (κ3) is 3.95. The monoisotopic (exact) mass is 405 g/mol. The molecule has 1 amide bonds. The van der Waals surface area contributed by atoms with Crippen molar-refractivity contribution < 1.29 is 14.3 Å². The van der Waals surface area contributed by atoms with Gasteiger partial charge >= 0.3 is 5.97 Å². The van der Waals surface area contributed by atoms with Crippen molar-refractivity contribution in [2.24, 2.45) is 0 Å². The smallest absolute Gasteiger partial charge is 0.339 e. The van der Waals surface area contributed by atoms with Crippen LogP contribution in [0.5, 0.6) is 0 Å². The molecule has 1 saturated heterocycles. The molecule has 2 aromatic carbocycles. The predicted octanol–water partition coefficient (Wildman–Crippen LogP) is 2.42. The van der Waals surface area contributed by atoms with Gasteiger partial charge in [-0.2, -0.15) is 0 Å². The van der Waals surface area contributed by atoms with Crippen LogP contribution in [0.15, 0.2) is 48.5 Å². The van der Waals surface area contributed by atoms with Crippen LogP contribution in [0.25, 0.3) is 11.0 Å². The number of methoxy groups -OCH3 is 1. The van der Waals surface area contributed by atoms with Crippen LogP contribution in [0.4, 0.5) is 11.5 Å². The summed E-state index contributed by atoms with van der Waals surface area (Å²) in [5.74, 6) is -0.386. The average Bonchev–Trinajstić information content (AvgIpc) is 2.78. The molecule has 1 aromatic heterocycles. The topological polar surface area (TPSA) is 87.7 Å². The number of ether oxygens (including phenoxy) is 1. The molecule has 154 valence electrons. The van der Waals surface area contributed by atoms with Crippen LogP contribution in [0, 0.1) is 0 Å². The number of carbonyl (C=O) groups is 2. The first kappa shape index (κ1) is 19.8. The average molecular weight is 405 g/mol. The third-order valence-electron chi connectivity index (χ3n) is 5.15. The first-order chi connectivity index (χ1) is 14.6. The van der Waals surface area contributed by atoms with Crippen LogP contribution in [0.3, 0.4) is 0 Å². The van der Waals surface area contributed by atoms with Crippen molar-refractivity contribution in [2.75, 3.05) is 50.6 Å². The Kier molecular flexibility index (Phi) is 5.58. The molecule has 1 aliphatic heterocycles. The molecule has 0 aliphatic carbocycles. The maximum Gasteiger partial charge on any atom is 0.339 e. The summed E-state index contributed by atoms with van der Waals surface area (Å²) in [6.45, 7) is 3.26. The number of nitrogens with zero attached hydrogens (tertiary/aromatic N) is 4. The number of fused-ring (bicyclic) bond motifs is 1. The van der Waals surface area contributed by atoms with E-state index in [4.69, 9.17) is 9.72 Å². The van der Waals surface area contributed by atoms with E-state index in [0.29, 0.717) is 17.0 Å². The van der Waals surface area contributed by atoms with E-state index in [1.165, 1.54) is 7.11 Å². The van der Waals surface area contributed by atoms with Gasteiger partial charge in [0.25, 0.3) is 5.91 Å². The van der Waals surface area contributed by atoms with Gasteiger partial charge in [-0.25, -0.2) is 14.8 Å². The highest BCUT2D eigenvalue weighted by Crippen LogP contribution is 2.24. The number of amides is 1. The lowest BCUT2D eigenvalue weighted by Gasteiger charge is -2.33. The molecule has 30 heavy (non-hydrogen) atoms. The fourth-order valence-corrected chi connectivity index (χ4v) is 3.44. The maximum atomic E-state index is 13.2. The molecule has 3 aromatic rings. The van der Waals surface area contributed by atoms with Crippen LogP contribution in [-0.2, 0) is 4.74 Å². The Hall–Kier alpha value is -3.52. The van der Waals surface area contributed by atoms with Crippen LogP contribution in [-0.4, -0.2) is 67.1 Å². The number of esters is 1. The largest absolute Gasteiger partial charge is 0.465 e. The van der Waals surface area contributed by atoms with E-state index < -0.39 is 11.9 Å². The van der Waals surface area contributed by atoms with Crippen molar-refractivity contribution in [3.05, 3.63) is 59.8 Å². The Morgan fingerprint density at radius 1 is 0.933 bits per heavy atom. The lowest BCUT2D eigenvalue weighted by molar-refractivity contribution is 0.0602. The molecule has 1 fully saturated rings. The van der Waals surface area contributed by atoms with E-state index in [0.717, 1.165) is 31.7 Å². The molecule has 0 unspecified atom stereocenters. The Balaban J connectivity index is 1.73. The molecular formula is C22H23N5O3. The van der Waals surface area contributed by atoms with Gasteiger partial charge in [-0.15, -0.1) is 0 Å². The van der Waals surface area contributed by atoms with Gasteiger partial charge in [0.2, 0.25) is 0 Å². The van der Waals surface area contributed by atoms with Crippen molar-refractivity contribution in [1.82, 2.24) is 14.9 Å². The van der Waals surface area contributed by atoms with Crippen molar-refractivity contribution in [3.63, 3.8) is 0 Å². The van der Waals surface area contributed by atoms with Gasteiger partial charge in [-0.1, -0.05) is 24.3 Å². The molecule has 8 nitrogen and oxygen atoms in total. The van der Waals surface area contributed by atoms with Crippen LogP contribution >= 0.6 is 0 Å². The first-order valence-electron chi connectivity index (χ1n) is 9.76. The predicted molar refractivity (Wildman–Crippen MR) is 115 cm³/mol. The van der Waals surface area contributed by atoms with E-state index >= 15 is 0 Å². The van der Waals surface area contributed by atoms with Crippen LogP contribution in [0.2, 0.25) is 0 Å². The summed E-state index contributed by atoms with van der Waals surface area (Å²) in [4.78, 5) is 39.0. The quantitative estimate of drug-likeness (QED) is 0.667. The van der Waals surface area contributed by atoms with Gasteiger partial charge in [-0.3, -0.25) is 4.79 Å². The Bertz CT molecular complexity index is 1090. The van der Waals surface area contributed by atoms with Gasteiger partial charge < -0.3 is 19.9 Å². The second-order valence-corrected chi connectivity index (χ2v) is 7.17. The fraction of sp³-hybridized carbons (Fsp3) is 0.273. The summed E-state index contributed by atoms with van der Waals surface area (Å²) in [6, 6.07) is 14.2. The third-order valence-corrected chi connectivity index (χ3v) is 5.15. The van der Waals surface area contributed by atoms with Gasteiger partial charge in [0.1, 0.15) is 0 Å². The molecule has 0 radical (unpaired) electrons. The standard InChI is InChI=1S/C22H23N5O3/c1-26-11-13-27(14-12-26)20-19(23-17-9-5-6-10-18(17)24-20)21(28)25-16-8-4-3-7-15(16)22(29)30-2/h3-10H,11-14H2,1-2H3,(H,25,28). The Morgan fingerprint density at radius 3 is 2.27 bits per heavy atom. The van der Waals surface area contributed by atoms with Crippen molar-refractivity contribution in [1.29, 1.82) is 0 Å². The molecule has 0 bridgehead atoms. The summed E-state index contributed by atoms with van der Waals surface area (Å²) in [5.41, 5.74) is 2.26. The highest BCUT2D eigenvalue weighted by atomic mass is 16.5. The Morgan fingerprint density at radius 2 is 1.57 bits per heavy atom. The molecular weight excluding hydrogens is 382 g/mol. The number of nitrogens with one attached hydrogen (secondary N) is 1. The summed E-state index contributed by atoms with van der Waals surface area (Å²) in [7, 11) is 3.38. The second kappa shape index (κ2) is 8.46. The van der Waals surface area contributed by atoms with Crippen molar-refractivity contribution >= 4 is 34.4 Å². The molecule has 2 heterocycles. The normalized spacial score (nSPS) is 14.5. The Labute approximate surface area is 174 Å². The van der Waals surface area contributed by atoms with Crippen LogP contribution < -0.4 is 10.2 Å². The number of hydrogen-bond donors (Lipinski definition) is 1. The number of aromatic nitrogens is 2. The minimum Gasteiger partial charge on any atom is -0.465 e. The molecule has 0 saturated carbocycles. The van der Waals surface area contributed by atoms with Crippen molar-refractivity contribution in [2.45, 2.75) is 0 Å².